The van der Waals surface area contributed by atoms with Gasteiger partial charge < -0.3 is 15.0 Å². The van der Waals surface area contributed by atoms with Crippen molar-refractivity contribution >= 4 is 34.7 Å². The van der Waals surface area contributed by atoms with E-state index in [1.165, 1.54) is 0 Å². The molecule has 1 aliphatic heterocycles. The van der Waals surface area contributed by atoms with Crippen molar-refractivity contribution in [3.05, 3.63) is 47.9 Å². The lowest BCUT2D eigenvalue weighted by molar-refractivity contribution is 0.102. The Labute approximate surface area is 161 Å². The first kappa shape index (κ1) is 17.7. The second kappa shape index (κ2) is 7.48. The van der Waals surface area contributed by atoms with E-state index in [1.54, 1.807) is 23.8 Å². The normalized spacial score (nSPS) is 14.4. The van der Waals surface area contributed by atoms with Gasteiger partial charge in [-0.3, -0.25) is 4.79 Å². The SMILES string of the molecule is COc1cccc(NC(=O)c2cc3c(N4CCSCC4)nc(C)cn3n2)c1. The third kappa shape index (κ3) is 3.71. The maximum Gasteiger partial charge on any atom is 0.276 e. The van der Waals surface area contributed by atoms with Gasteiger partial charge in [-0.2, -0.15) is 16.9 Å². The Bertz CT molecular complexity index is 981. The van der Waals surface area contributed by atoms with E-state index >= 15 is 0 Å². The molecule has 0 saturated carbocycles. The molecule has 3 heterocycles. The van der Waals surface area contributed by atoms with E-state index in [1.807, 2.05) is 43.1 Å². The number of methoxy groups -OCH3 is 1. The lowest BCUT2D eigenvalue weighted by atomic mass is 10.3. The molecule has 1 saturated heterocycles. The highest BCUT2D eigenvalue weighted by molar-refractivity contribution is 7.99. The number of nitrogens with zero attached hydrogens (tertiary/aromatic N) is 4. The van der Waals surface area contributed by atoms with Gasteiger partial charge in [0.05, 0.1) is 19.0 Å². The Morgan fingerprint density at radius 2 is 2.07 bits per heavy atom. The van der Waals surface area contributed by atoms with Crippen LogP contribution in [-0.4, -0.2) is 52.2 Å². The molecule has 0 atom stereocenters. The Balaban J connectivity index is 1.65. The Morgan fingerprint density at radius 3 is 2.85 bits per heavy atom. The van der Waals surface area contributed by atoms with Crippen molar-refractivity contribution in [3.8, 4) is 5.75 Å². The van der Waals surface area contributed by atoms with E-state index in [9.17, 15) is 4.79 Å². The summed E-state index contributed by atoms with van der Waals surface area (Å²) in [6.07, 6.45) is 1.85. The number of anilines is 2. The highest BCUT2D eigenvalue weighted by Crippen LogP contribution is 2.24. The summed E-state index contributed by atoms with van der Waals surface area (Å²) in [6.45, 7) is 3.85. The van der Waals surface area contributed by atoms with Gasteiger partial charge in [0.15, 0.2) is 11.5 Å². The van der Waals surface area contributed by atoms with E-state index in [4.69, 9.17) is 9.72 Å². The molecule has 1 fully saturated rings. The zero-order valence-corrected chi connectivity index (χ0v) is 16.1. The van der Waals surface area contributed by atoms with Crippen LogP contribution in [0.2, 0.25) is 0 Å². The second-order valence-electron chi connectivity index (χ2n) is 6.35. The number of amides is 1. The molecule has 0 unspecified atom stereocenters. The molecule has 0 spiro atoms. The quantitative estimate of drug-likeness (QED) is 0.747. The van der Waals surface area contributed by atoms with Gasteiger partial charge in [-0.05, 0) is 19.1 Å². The van der Waals surface area contributed by atoms with Crippen molar-refractivity contribution in [1.82, 2.24) is 14.6 Å². The molecule has 0 radical (unpaired) electrons. The molecule has 8 heteroatoms. The number of hydrogen-bond acceptors (Lipinski definition) is 6. The first-order chi connectivity index (χ1) is 13.1. The molecule has 1 aromatic carbocycles. The number of nitrogens with one attached hydrogen (secondary N) is 1. The van der Waals surface area contributed by atoms with Gasteiger partial charge in [-0.25, -0.2) is 9.50 Å². The van der Waals surface area contributed by atoms with Crippen LogP contribution < -0.4 is 15.0 Å². The van der Waals surface area contributed by atoms with Gasteiger partial charge in [0.25, 0.3) is 5.91 Å². The van der Waals surface area contributed by atoms with Crippen LogP contribution in [-0.2, 0) is 0 Å². The third-order valence-corrected chi connectivity index (χ3v) is 5.37. The number of hydrogen-bond donors (Lipinski definition) is 1. The van der Waals surface area contributed by atoms with Gasteiger partial charge in [0, 0.05) is 42.4 Å². The van der Waals surface area contributed by atoms with Crippen molar-refractivity contribution in [2.24, 2.45) is 0 Å². The number of thioether (sulfide) groups is 1. The van der Waals surface area contributed by atoms with Crippen molar-refractivity contribution in [2.75, 3.05) is 41.9 Å². The molecule has 1 N–H and O–H groups in total. The first-order valence-electron chi connectivity index (χ1n) is 8.79. The van der Waals surface area contributed by atoms with Crippen molar-refractivity contribution in [1.29, 1.82) is 0 Å². The molecule has 3 aromatic rings. The number of benzene rings is 1. The Morgan fingerprint density at radius 1 is 1.26 bits per heavy atom. The molecule has 27 heavy (non-hydrogen) atoms. The first-order valence-corrected chi connectivity index (χ1v) is 9.94. The minimum absolute atomic E-state index is 0.259. The molecule has 4 rings (SSSR count). The standard InChI is InChI=1S/C19H21N5O2S/c1-13-12-24-17(18(20-13)23-6-8-27-9-7-23)11-16(22-24)19(25)21-14-4-3-5-15(10-14)26-2/h3-5,10-12H,6-9H2,1-2H3,(H,21,25). The summed E-state index contributed by atoms with van der Waals surface area (Å²) in [5, 5.41) is 7.34. The van der Waals surface area contributed by atoms with Crippen molar-refractivity contribution in [2.45, 2.75) is 6.92 Å². The minimum Gasteiger partial charge on any atom is -0.497 e. The molecule has 1 aliphatic rings. The van der Waals surface area contributed by atoms with Gasteiger partial charge in [0.1, 0.15) is 11.3 Å². The topological polar surface area (TPSA) is 71.8 Å². The monoisotopic (exact) mass is 383 g/mol. The number of carbonyl (C=O) groups excluding carboxylic acids is 1. The Hall–Kier alpha value is -2.74. The van der Waals surface area contributed by atoms with Crippen LogP contribution in [0.25, 0.3) is 5.52 Å². The van der Waals surface area contributed by atoms with Gasteiger partial charge >= 0.3 is 0 Å². The highest BCUT2D eigenvalue weighted by Gasteiger charge is 2.20. The second-order valence-corrected chi connectivity index (χ2v) is 7.58. The zero-order chi connectivity index (χ0) is 18.8. The summed E-state index contributed by atoms with van der Waals surface area (Å²) in [7, 11) is 1.60. The van der Waals surface area contributed by atoms with Gasteiger partial charge in [-0.1, -0.05) is 6.07 Å². The summed E-state index contributed by atoms with van der Waals surface area (Å²) < 4.78 is 6.95. The van der Waals surface area contributed by atoms with Crippen LogP contribution in [0.3, 0.4) is 0 Å². The maximum absolute atomic E-state index is 12.7. The number of aromatic nitrogens is 3. The molecular weight excluding hydrogens is 362 g/mol. The minimum atomic E-state index is -0.259. The summed E-state index contributed by atoms with van der Waals surface area (Å²) in [5.74, 6) is 3.49. The summed E-state index contributed by atoms with van der Waals surface area (Å²) in [6, 6.07) is 9.06. The molecule has 140 valence electrons. The van der Waals surface area contributed by atoms with Gasteiger partial charge in [-0.15, -0.1) is 0 Å². The number of carbonyl (C=O) groups is 1. The molecule has 0 bridgehead atoms. The summed E-state index contributed by atoms with van der Waals surface area (Å²) >= 11 is 1.95. The average molecular weight is 383 g/mol. The molecule has 2 aromatic heterocycles. The van der Waals surface area contributed by atoms with Gasteiger partial charge in [0.2, 0.25) is 0 Å². The molecule has 0 aliphatic carbocycles. The zero-order valence-electron chi connectivity index (χ0n) is 15.3. The fourth-order valence-corrected chi connectivity index (χ4v) is 4.01. The van der Waals surface area contributed by atoms with Crippen LogP contribution in [0.15, 0.2) is 36.5 Å². The van der Waals surface area contributed by atoms with Crippen LogP contribution in [0, 0.1) is 6.92 Å². The fourth-order valence-electron chi connectivity index (χ4n) is 3.10. The molecule has 1 amide bonds. The van der Waals surface area contributed by atoms with E-state index in [0.29, 0.717) is 17.1 Å². The number of ether oxygens (including phenoxy) is 1. The summed E-state index contributed by atoms with van der Waals surface area (Å²) in [5.41, 5.74) is 2.75. The smallest absolute Gasteiger partial charge is 0.276 e. The van der Waals surface area contributed by atoms with E-state index < -0.39 is 0 Å². The third-order valence-electron chi connectivity index (χ3n) is 4.43. The largest absolute Gasteiger partial charge is 0.497 e. The van der Waals surface area contributed by atoms with E-state index in [-0.39, 0.29) is 5.91 Å². The maximum atomic E-state index is 12.7. The van der Waals surface area contributed by atoms with Crippen LogP contribution >= 0.6 is 11.8 Å². The predicted molar refractivity (Wildman–Crippen MR) is 108 cm³/mol. The van der Waals surface area contributed by atoms with E-state index in [2.05, 4.69) is 15.3 Å². The predicted octanol–water partition coefficient (Wildman–Crippen LogP) is 2.85. The molecule has 7 nitrogen and oxygen atoms in total. The lowest BCUT2D eigenvalue weighted by Crippen LogP contribution is -2.33. The highest BCUT2D eigenvalue weighted by atomic mass is 32.2. The lowest BCUT2D eigenvalue weighted by Gasteiger charge is -2.28. The Kier molecular flexibility index (Phi) is 4.89. The van der Waals surface area contributed by atoms with Crippen LogP contribution in [0.1, 0.15) is 16.2 Å². The summed E-state index contributed by atoms with van der Waals surface area (Å²) in [4.78, 5) is 19.7. The number of rotatable bonds is 4. The van der Waals surface area contributed by atoms with Crippen LogP contribution in [0.4, 0.5) is 11.5 Å². The molecular formula is C19H21N5O2S. The average Bonchev–Trinajstić information content (AvgIpc) is 3.12. The van der Waals surface area contributed by atoms with Crippen LogP contribution in [0.5, 0.6) is 5.75 Å². The van der Waals surface area contributed by atoms with E-state index in [0.717, 1.165) is 41.6 Å². The number of aryl methyl sites for hydroxylation is 1. The van der Waals surface area contributed by atoms with Crippen molar-refractivity contribution < 1.29 is 9.53 Å². The fraction of sp³-hybridized carbons (Fsp3) is 0.316. The van der Waals surface area contributed by atoms with Crippen molar-refractivity contribution in [3.63, 3.8) is 0 Å². The number of fused-ring (bicyclic) bond motifs is 1.